The molecule has 12 rings (SSSR count). The molecule has 0 aliphatic heterocycles. The molecular formula is C58H37NO2. The number of anilines is 3. The van der Waals surface area contributed by atoms with Crippen molar-refractivity contribution in [3.8, 4) is 44.5 Å². The zero-order valence-electron chi connectivity index (χ0n) is 33.1. The van der Waals surface area contributed by atoms with Gasteiger partial charge in [0.05, 0.1) is 0 Å². The third kappa shape index (κ3) is 6.06. The first-order valence-electron chi connectivity index (χ1n) is 20.7. The van der Waals surface area contributed by atoms with Crippen LogP contribution >= 0.6 is 0 Å². The number of nitrogens with zero attached hydrogens (tertiary/aromatic N) is 1. The molecule has 3 heteroatoms. The second kappa shape index (κ2) is 14.3. The summed E-state index contributed by atoms with van der Waals surface area (Å²) in [5.41, 5.74) is 15.7. The molecule has 2 aromatic heterocycles. The van der Waals surface area contributed by atoms with Crippen molar-refractivity contribution in [2.45, 2.75) is 0 Å². The third-order valence-corrected chi connectivity index (χ3v) is 12.1. The quantitative estimate of drug-likeness (QED) is 0.161. The van der Waals surface area contributed by atoms with E-state index in [1.165, 1.54) is 27.6 Å². The minimum absolute atomic E-state index is 0.871. The van der Waals surface area contributed by atoms with Crippen molar-refractivity contribution >= 4 is 71.7 Å². The molecule has 0 saturated carbocycles. The first kappa shape index (κ1) is 34.9. The summed E-state index contributed by atoms with van der Waals surface area (Å²) in [7, 11) is 0. The van der Waals surface area contributed by atoms with E-state index in [9.17, 15) is 0 Å². The van der Waals surface area contributed by atoms with E-state index in [1.54, 1.807) is 0 Å². The molecule has 0 N–H and O–H groups in total. The van der Waals surface area contributed by atoms with E-state index in [4.69, 9.17) is 8.83 Å². The Morgan fingerprint density at radius 1 is 0.262 bits per heavy atom. The molecule has 2 heterocycles. The molecule has 0 amide bonds. The van der Waals surface area contributed by atoms with Gasteiger partial charge in [-0.2, -0.15) is 0 Å². The Hall–Kier alpha value is -8.14. The fourth-order valence-corrected chi connectivity index (χ4v) is 9.01. The fourth-order valence-electron chi connectivity index (χ4n) is 9.01. The van der Waals surface area contributed by atoms with Crippen molar-refractivity contribution in [3.05, 3.63) is 224 Å². The zero-order valence-corrected chi connectivity index (χ0v) is 33.1. The molecule has 0 saturated heterocycles. The summed E-state index contributed by atoms with van der Waals surface area (Å²) in [4.78, 5) is 2.36. The van der Waals surface area contributed by atoms with Gasteiger partial charge in [-0.05, 0) is 98.8 Å². The molecule has 0 aliphatic rings. The van der Waals surface area contributed by atoms with Crippen LogP contribution in [0.15, 0.2) is 233 Å². The highest BCUT2D eigenvalue weighted by Crippen LogP contribution is 2.45. The van der Waals surface area contributed by atoms with Gasteiger partial charge in [-0.3, -0.25) is 0 Å². The molecule has 0 aliphatic carbocycles. The standard InChI is InChI=1S/C58H37NO2/c1-3-12-38(13-4-1)40-22-24-43(25-23-40)52-36-48(37-54-53-34-44-16-7-8-17-45(44)35-56(53)61-58(52)54)59(46-30-26-41(27-31-46)39-14-5-2-6-15-39)47-32-28-42(29-33-47)49-19-11-20-51-50-18-9-10-21-55(50)60-57(49)51/h1-37H. The van der Waals surface area contributed by atoms with Gasteiger partial charge >= 0.3 is 0 Å². The van der Waals surface area contributed by atoms with Crippen molar-refractivity contribution in [1.29, 1.82) is 0 Å². The second-order valence-electron chi connectivity index (χ2n) is 15.7. The van der Waals surface area contributed by atoms with Crippen LogP contribution in [0, 0.1) is 0 Å². The van der Waals surface area contributed by atoms with Crippen LogP contribution in [0.1, 0.15) is 0 Å². The van der Waals surface area contributed by atoms with E-state index in [-0.39, 0.29) is 0 Å². The van der Waals surface area contributed by atoms with E-state index < -0.39 is 0 Å². The molecule has 0 atom stereocenters. The lowest BCUT2D eigenvalue weighted by atomic mass is 9.97. The summed E-state index contributed by atoms with van der Waals surface area (Å²) in [6.45, 7) is 0. The lowest BCUT2D eigenvalue weighted by Crippen LogP contribution is -2.10. The fraction of sp³-hybridized carbons (Fsp3) is 0. The summed E-state index contributed by atoms with van der Waals surface area (Å²) >= 11 is 0. The van der Waals surface area contributed by atoms with E-state index in [1.807, 2.05) is 12.1 Å². The maximum atomic E-state index is 6.87. The predicted octanol–water partition coefficient (Wildman–Crippen LogP) is 16.8. The van der Waals surface area contributed by atoms with Gasteiger partial charge in [0.25, 0.3) is 0 Å². The summed E-state index contributed by atoms with van der Waals surface area (Å²) < 4.78 is 13.3. The molecule has 61 heavy (non-hydrogen) atoms. The van der Waals surface area contributed by atoms with Gasteiger partial charge in [0.1, 0.15) is 22.3 Å². The van der Waals surface area contributed by atoms with Crippen LogP contribution in [-0.4, -0.2) is 0 Å². The van der Waals surface area contributed by atoms with Gasteiger partial charge in [0.2, 0.25) is 0 Å². The van der Waals surface area contributed by atoms with Gasteiger partial charge < -0.3 is 13.7 Å². The molecule has 3 nitrogen and oxygen atoms in total. The van der Waals surface area contributed by atoms with Crippen LogP contribution in [0.5, 0.6) is 0 Å². The first-order chi connectivity index (χ1) is 30.2. The zero-order chi connectivity index (χ0) is 40.3. The van der Waals surface area contributed by atoms with Gasteiger partial charge in [-0.1, -0.05) is 170 Å². The van der Waals surface area contributed by atoms with Crippen LogP contribution in [0.3, 0.4) is 0 Å². The lowest BCUT2D eigenvalue weighted by molar-refractivity contribution is 0.670. The Balaban J connectivity index is 1.06. The van der Waals surface area contributed by atoms with E-state index in [0.29, 0.717) is 0 Å². The highest BCUT2D eigenvalue weighted by molar-refractivity contribution is 6.15. The van der Waals surface area contributed by atoms with Crippen molar-refractivity contribution in [2.75, 3.05) is 4.90 Å². The third-order valence-electron chi connectivity index (χ3n) is 12.1. The average molecular weight is 780 g/mol. The van der Waals surface area contributed by atoms with Crippen molar-refractivity contribution in [1.82, 2.24) is 0 Å². The number of rotatable bonds is 7. The Kier molecular flexibility index (Phi) is 8.17. The largest absolute Gasteiger partial charge is 0.455 e. The average Bonchev–Trinajstić information content (AvgIpc) is 3.90. The van der Waals surface area contributed by atoms with Crippen LogP contribution in [0.2, 0.25) is 0 Å². The molecule has 0 unspecified atom stereocenters. The minimum atomic E-state index is 0.871. The van der Waals surface area contributed by atoms with Gasteiger partial charge in [0.15, 0.2) is 0 Å². The molecule has 0 fully saturated rings. The predicted molar refractivity (Wildman–Crippen MR) is 255 cm³/mol. The normalized spacial score (nSPS) is 11.6. The van der Waals surface area contributed by atoms with Gasteiger partial charge in [-0.15, -0.1) is 0 Å². The van der Waals surface area contributed by atoms with Crippen LogP contribution in [0.25, 0.3) is 99.2 Å². The van der Waals surface area contributed by atoms with Crippen molar-refractivity contribution in [3.63, 3.8) is 0 Å². The van der Waals surface area contributed by atoms with Crippen molar-refractivity contribution < 1.29 is 8.83 Å². The summed E-state index contributed by atoms with van der Waals surface area (Å²) in [5.74, 6) is 0. The van der Waals surface area contributed by atoms with Crippen LogP contribution in [-0.2, 0) is 0 Å². The maximum Gasteiger partial charge on any atom is 0.143 e. The van der Waals surface area contributed by atoms with E-state index in [0.717, 1.165) is 88.6 Å². The molecule has 12 aromatic rings. The number of hydrogen-bond donors (Lipinski definition) is 0. The lowest BCUT2D eigenvalue weighted by Gasteiger charge is -2.27. The minimum Gasteiger partial charge on any atom is -0.455 e. The van der Waals surface area contributed by atoms with E-state index >= 15 is 0 Å². The SMILES string of the molecule is c1ccc(-c2ccc(-c3cc(N(c4ccc(-c5ccccc5)cc4)c4ccc(-c5cccc6c5oc5ccccc56)cc4)cc4c3oc3cc5ccccc5cc34)cc2)cc1. The summed E-state index contributed by atoms with van der Waals surface area (Å²) in [6, 6.07) is 79.9. The Labute approximate surface area is 353 Å². The van der Waals surface area contributed by atoms with Crippen LogP contribution in [0.4, 0.5) is 17.1 Å². The monoisotopic (exact) mass is 779 g/mol. The Morgan fingerprint density at radius 2 is 0.754 bits per heavy atom. The molecule has 0 spiro atoms. The topological polar surface area (TPSA) is 29.5 Å². The smallest absolute Gasteiger partial charge is 0.143 e. The van der Waals surface area contributed by atoms with E-state index in [2.05, 4.69) is 217 Å². The molecule has 0 bridgehead atoms. The number of para-hydroxylation sites is 2. The number of benzene rings is 10. The molecular weight excluding hydrogens is 743 g/mol. The number of fused-ring (bicyclic) bond motifs is 7. The maximum absolute atomic E-state index is 6.87. The first-order valence-corrected chi connectivity index (χ1v) is 20.7. The molecule has 0 radical (unpaired) electrons. The van der Waals surface area contributed by atoms with Gasteiger partial charge in [-0.25, -0.2) is 0 Å². The summed E-state index contributed by atoms with van der Waals surface area (Å²) in [5, 5.41) is 6.74. The van der Waals surface area contributed by atoms with Crippen LogP contribution < -0.4 is 4.90 Å². The summed E-state index contributed by atoms with van der Waals surface area (Å²) in [6.07, 6.45) is 0. The Bertz CT molecular complexity index is 3550. The molecule has 10 aromatic carbocycles. The highest BCUT2D eigenvalue weighted by Gasteiger charge is 2.21. The highest BCUT2D eigenvalue weighted by atomic mass is 16.3. The Morgan fingerprint density at radius 3 is 1.44 bits per heavy atom. The number of furan rings is 2. The van der Waals surface area contributed by atoms with Gasteiger partial charge in [0, 0.05) is 49.7 Å². The second-order valence-corrected chi connectivity index (χ2v) is 15.7. The molecule has 286 valence electrons. The number of hydrogen-bond acceptors (Lipinski definition) is 3. The van der Waals surface area contributed by atoms with Crippen molar-refractivity contribution in [2.24, 2.45) is 0 Å².